The zero-order valence-corrected chi connectivity index (χ0v) is 11.8. The topological polar surface area (TPSA) is 120 Å². The Morgan fingerprint density at radius 2 is 2.00 bits per heavy atom. The van der Waals surface area contributed by atoms with E-state index in [1.54, 1.807) is 0 Å². The maximum absolute atomic E-state index is 12.4. The van der Waals surface area contributed by atoms with Crippen molar-refractivity contribution in [1.29, 1.82) is 0 Å². The van der Waals surface area contributed by atoms with Gasteiger partial charge in [-0.2, -0.15) is 0 Å². The molecule has 1 saturated heterocycles. The minimum absolute atomic E-state index is 0.00133. The first-order chi connectivity index (χ1) is 10.5. The van der Waals surface area contributed by atoms with Gasteiger partial charge in [-0.1, -0.05) is 0 Å². The number of rotatable bonds is 4. The first-order valence-corrected chi connectivity index (χ1v) is 6.13. The number of nitro groups is 1. The number of carbonyl (C=O) groups excluding carboxylic acids is 2. The molecule has 0 aliphatic carbocycles. The van der Waals surface area contributed by atoms with Crippen molar-refractivity contribution >= 4 is 17.7 Å². The summed E-state index contributed by atoms with van der Waals surface area (Å²) in [6, 6.07) is 2.29. The molecular formula is C12H13N3O7. The summed E-state index contributed by atoms with van der Waals surface area (Å²) in [5, 5.41) is 12.1. The SMILES string of the molecule is COc1cc(C(=O)N2CCOC(=O)N2)c([N+](=O)[O-])cc1OC. The molecule has 1 aliphatic rings. The van der Waals surface area contributed by atoms with E-state index in [9.17, 15) is 19.7 Å². The molecule has 1 N–H and O–H groups in total. The Morgan fingerprint density at radius 1 is 1.36 bits per heavy atom. The number of nitrogens with one attached hydrogen (secondary N) is 1. The van der Waals surface area contributed by atoms with E-state index in [0.717, 1.165) is 11.1 Å². The van der Waals surface area contributed by atoms with Crippen molar-refractivity contribution in [2.24, 2.45) is 0 Å². The third-order valence-corrected chi connectivity index (χ3v) is 2.95. The van der Waals surface area contributed by atoms with Crippen molar-refractivity contribution < 1.29 is 28.7 Å². The summed E-state index contributed by atoms with van der Waals surface area (Å²) in [5.74, 6) is -0.461. The molecule has 10 nitrogen and oxygen atoms in total. The molecule has 2 rings (SSSR count). The van der Waals surface area contributed by atoms with Crippen molar-refractivity contribution in [3.63, 3.8) is 0 Å². The van der Waals surface area contributed by atoms with Gasteiger partial charge >= 0.3 is 6.09 Å². The van der Waals surface area contributed by atoms with Crippen molar-refractivity contribution in [2.45, 2.75) is 0 Å². The number of ether oxygens (including phenoxy) is 3. The van der Waals surface area contributed by atoms with Crippen LogP contribution in [-0.2, 0) is 4.74 Å². The molecule has 1 aliphatic heterocycles. The Hall–Kier alpha value is -3.04. The van der Waals surface area contributed by atoms with Crippen LogP contribution in [0, 0.1) is 10.1 Å². The summed E-state index contributed by atoms with van der Waals surface area (Å²) in [6.45, 7) is 0.0642. The van der Waals surface area contributed by atoms with Gasteiger partial charge in [0.05, 0.1) is 31.8 Å². The summed E-state index contributed by atoms with van der Waals surface area (Å²) in [5.41, 5.74) is 1.49. The second-order valence-electron chi connectivity index (χ2n) is 4.19. The number of carbonyl (C=O) groups is 2. The highest BCUT2D eigenvalue weighted by atomic mass is 16.6. The minimum atomic E-state index is -0.803. The quantitative estimate of drug-likeness (QED) is 0.642. The third-order valence-electron chi connectivity index (χ3n) is 2.95. The van der Waals surface area contributed by atoms with Crippen molar-refractivity contribution in [3.05, 3.63) is 27.8 Å². The van der Waals surface area contributed by atoms with Crippen LogP contribution in [0.15, 0.2) is 12.1 Å². The van der Waals surface area contributed by atoms with E-state index >= 15 is 0 Å². The first kappa shape index (κ1) is 15.4. The Morgan fingerprint density at radius 3 is 2.55 bits per heavy atom. The number of hydrogen-bond acceptors (Lipinski definition) is 7. The van der Waals surface area contributed by atoms with E-state index < -0.39 is 22.6 Å². The molecule has 1 aromatic carbocycles. The molecule has 2 amide bonds. The lowest BCUT2D eigenvalue weighted by atomic mass is 10.1. The molecular weight excluding hydrogens is 298 g/mol. The van der Waals surface area contributed by atoms with E-state index in [2.05, 4.69) is 10.2 Å². The maximum Gasteiger partial charge on any atom is 0.426 e. The van der Waals surface area contributed by atoms with Gasteiger partial charge in [0.25, 0.3) is 11.6 Å². The lowest BCUT2D eigenvalue weighted by Gasteiger charge is -2.26. The number of amides is 2. The summed E-state index contributed by atoms with van der Waals surface area (Å²) in [6.07, 6.45) is -0.803. The van der Waals surface area contributed by atoms with E-state index in [4.69, 9.17) is 9.47 Å². The van der Waals surface area contributed by atoms with E-state index in [-0.39, 0.29) is 30.2 Å². The molecule has 0 aromatic heterocycles. The molecule has 1 aromatic rings. The molecule has 1 fully saturated rings. The molecule has 0 bridgehead atoms. The zero-order chi connectivity index (χ0) is 16.3. The van der Waals surface area contributed by atoms with Gasteiger partial charge in [0.2, 0.25) is 0 Å². The number of hydrazine groups is 1. The maximum atomic E-state index is 12.4. The van der Waals surface area contributed by atoms with E-state index in [1.807, 2.05) is 0 Å². The van der Waals surface area contributed by atoms with Crippen LogP contribution < -0.4 is 14.9 Å². The molecule has 0 unspecified atom stereocenters. The number of hydrogen-bond donors (Lipinski definition) is 1. The van der Waals surface area contributed by atoms with E-state index in [0.29, 0.717) is 0 Å². The highest BCUT2D eigenvalue weighted by molar-refractivity contribution is 5.99. The lowest BCUT2D eigenvalue weighted by molar-refractivity contribution is -0.385. The van der Waals surface area contributed by atoms with E-state index in [1.165, 1.54) is 20.3 Å². The number of cyclic esters (lactones) is 1. The monoisotopic (exact) mass is 311 g/mol. The fourth-order valence-electron chi connectivity index (χ4n) is 1.92. The van der Waals surface area contributed by atoms with Crippen molar-refractivity contribution in [3.8, 4) is 11.5 Å². The average Bonchev–Trinajstić information content (AvgIpc) is 2.52. The largest absolute Gasteiger partial charge is 0.493 e. The molecule has 10 heteroatoms. The van der Waals surface area contributed by atoms with Gasteiger partial charge in [0.1, 0.15) is 12.2 Å². The van der Waals surface area contributed by atoms with Crippen LogP contribution in [-0.4, -0.2) is 49.3 Å². The standard InChI is InChI=1S/C12H13N3O7/c1-20-9-5-7(8(15(18)19)6-10(9)21-2)11(16)14-3-4-22-12(17)13-14/h5-6H,3-4H2,1-2H3,(H,13,17). The van der Waals surface area contributed by atoms with Gasteiger partial charge < -0.3 is 14.2 Å². The highest BCUT2D eigenvalue weighted by Gasteiger charge is 2.30. The smallest absolute Gasteiger partial charge is 0.426 e. The Balaban J connectivity index is 2.45. The number of benzene rings is 1. The fourth-order valence-corrected chi connectivity index (χ4v) is 1.92. The fraction of sp³-hybridized carbons (Fsp3) is 0.333. The molecule has 0 atom stereocenters. The van der Waals surface area contributed by atoms with Gasteiger partial charge in [-0.25, -0.2) is 15.2 Å². The molecule has 0 saturated carbocycles. The highest BCUT2D eigenvalue weighted by Crippen LogP contribution is 2.35. The van der Waals surface area contributed by atoms with Gasteiger partial charge in [-0.05, 0) is 0 Å². The Kier molecular flexibility index (Phi) is 4.30. The molecule has 118 valence electrons. The molecule has 0 spiro atoms. The second-order valence-corrected chi connectivity index (χ2v) is 4.19. The van der Waals surface area contributed by atoms with Gasteiger partial charge in [-0.15, -0.1) is 0 Å². The predicted octanol–water partition coefficient (Wildman–Crippen LogP) is 0.709. The average molecular weight is 311 g/mol. The van der Waals surface area contributed by atoms with Crippen LogP contribution in [0.4, 0.5) is 10.5 Å². The zero-order valence-electron chi connectivity index (χ0n) is 11.8. The summed E-state index contributed by atoms with van der Waals surface area (Å²) >= 11 is 0. The Labute approximate surface area is 124 Å². The van der Waals surface area contributed by atoms with Gasteiger partial charge in [0, 0.05) is 6.07 Å². The van der Waals surface area contributed by atoms with Crippen molar-refractivity contribution in [2.75, 3.05) is 27.4 Å². The first-order valence-electron chi connectivity index (χ1n) is 6.13. The molecule has 22 heavy (non-hydrogen) atoms. The van der Waals surface area contributed by atoms with Crippen LogP contribution in [0.2, 0.25) is 0 Å². The summed E-state index contributed by atoms with van der Waals surface area (Å²) in [7, 11) is 2.67. The Bertz CT molecular complexity index is 631. The van der Waals surface area contributed by atoms with Crippen LogP contribution >= 0.6 is 0 Å². The molecule has 1 heterocycles. The van der Waals surface area contributed by atoms with Crippen LogP contribution in [0.5, 0.6) is 11.5 Å². The van der Waals surface area contributed by atoms with Gasteiger partial charge in [0.15, 0.2) is 11.5 Å². The predicted molar refractivity (Wildman–Crippen MR) is 71.7 cm³/mol. The number of methoxy groups -OCH3 is 2. The molecule has 0 radical (unpaired) electrons. The van der Waals surface area contributed by atoms with Crippen molar-refractivity contribution in [1.82, 2.24) is 10.4 Å². The van der Waals surface area contributed by atoms with Gasteiger partial charge in [-0.3, -0.25) is 14.9 Å². The van der Waals surface area contributed by atoms with Crippen LogP contribution in [0.1, 0.15) is 10.4 Å². The third kappa shape index (κ3) is 2.85. The lowest BCUT2D eigenvalue weighted by Crippen LogP contribution is -2.52. The number of nitrogens with zero attached hydrogens (tertiary/aromatic N) is 2. The summed E-state index contributed by atoms with van der Waals surface area (Å²) in [4.78, 5) is 34.0. The second kappa shape index (κ2) is 6.16. The normalized spacial score (nSPS) is 13.9. The number of nitro benzene ring substituents is 1. The summed E-state index contributed by atoms with van der Waals surface area (Å²) < 4.78 is 14.7. The van der Waals surface area contributed by atoms with Crippen LogP contribution in [0.25, 0.3) is 0 Å². The van der Waals surface area contributed by atoms with Crippen LogP contribution in [0.3, 0.4) is 0 Å². The minimum Gasteiger partial charge on any atom is -0.493 e.